The fraction of sp³-hybridized carbons (Fsp3) is 0.462. The molecule has 3 aliphatic rings. The third-order valence-corrected chi connectivity index (χ3v) is 3.19. The summed E-state index contributed by atoms with van der Waals surface area (Å²) in [5.74, 6) is 0.932. The van der Waals surface area contributed by atoms with Gasteiger partial charge in [0, 0.05) is 5.69 Å². The van der Waals surface area contributed by atoms with E-state index in [9.17, 15) is 0 Å². The molecule has 0 unspecified atom stereocenters. The van der Waals surface area contributed by atoms with E-state index < -0.39 is 0 Å². The Morgan fingerprint density at radius 1 is 1.31 bits per heavy atom. The van der Waals surface area contributed by atoms with E-state index in [0.717, 1.165) is 24.4 Å². The standard InChI is InChI=1S/C13H16N2O/c1-10-4-2-7-13(14-10)15-11-5-3-6-12(16-15)9-8-11/h2,4,7-9,11-12H,3,5-6H2,1H3/t11-,12+/m0/s1. The topological polar surface area (TPSA) is 25.4 Å². The lowest BCUT2D eigenvalue weighted by atomic mass is 10.1. The first-order valence-electron chi connectivity index (χ1n) is 5.91. The summed E-state index contributed by atoms with van der Waals surface area (Å²) in [6.45, 7) is 2.01. The van der Waals surface area contributed by atoms with Gasteiger partial charge in [0.2, 0.25) is 0 Å². The molecule has 1 aliphatic carbocycles. The lowest BCUT2D eigenvalue weighted by molar-refractivity contribution is 0.0495. The molecule has 1 aromatic rings. The van der Waals surface area contributed by atoms with Crippen molar-refractivity contribution in [1.82, 2.24) is 4.98 Å². The van der Waals surface area contributed by atoms with Gasteiger partial charge in [0.15, 0.2) is 5.82 Å². The van der Waals surface area contributed by atoms with E-state index >= 15 is 0 Å². The van der Waals surface area contributed by atoms with Crippen LogP contribution < -0.4 is 5.06 Å². The number of rotatable bonds is 1. The highest BCUT2D eigenvalue weighted by Crippen LogP contribution is 2.29. The van der Waals surface area contributed by atoms with Gasteiger partial charge in [-0.25, -0.2) is 10.0 Å². The largest absolute Gasteiger partial charge is 0.264 e. The Labute approximate surface area is 95.7 Å². The lowest BCUT2D eigenvalue weighted by Gasteiger charge is -2.32. The Bertz CT molecular complexity index is 416. The molecule has 1 fully saturated rings. The molecule has 1 saturated heterocycles. The molecule has 0 aromatic carbocycles. The highest BCUT2D eigenvalue weighted by molar-refractivity contribution is 5.40. The Balaban J connectivity index is 1.93. The molecule has 0 radical (unpaired) electrons. The SMILES string of the molecule is Cc1cccc(N2O[C@H]3C=C[C@@H]2CCC3)n1. The van der Waals surface area contributed by atoms with Gasteiger partial charge >= 0.3 is 0 Å². The van der Waals surface area contributed by atoms with Crippen LogP contribution in [-0.2, 0) is 4.84 Å². The van der Waals surface area contributed by atoms with Crippen molar-refractivity contribution in [3.8, 4) is 0 Å². The molecule has 0 N–H and O–H groups in total. The van der Waals surface area contributed by atoms with Crippen molar-refractivity contribution in [3.05, 3.63) is 36.0 Å². The van der Waals surface area contributed by atoms with Crippen LogP contribution in [-0.4, -0.2) is 17.1 Å². The van der Waals surface area contributed by atoms with Gasteiger partial charge in [-0.1, -0.05) is 18.2 Å². The minimum atomic E-state index is 0.237. The summed E-state index contributed by atoms with van der Waals surface area (Å²) in [7, 11) is 0. The number of pyridine rings is 1. The van der Waals surface area contributed by atoms with E-state index in [-0.39, 0.29) is 6.10 Å². The minimum Gasteiger partial charge on any atom is -0.264 e. The molecule has 3 nitrogen and oxygen atoms in total. The third kappa shape index (κ3) is 1.71. The fourth-order valence-electron chi connectivity index (χ4n) is 2.36. The number of aromatic nitrogens is 1. The van der Waals surface area contributed by atoms with Crippen molar-refractivity contribution in [2.75, 3.05) is 5.06 Å². The monoisotopic (exact) mass is 216 g/mol. The Morgan fingerprint density at radius 3 is 3.12 bits per heavy atom. The predicted octanol–water partition coefficient (Wildman–Crippen LogP) is 2.62. The second-order valence-electron chi connectivity index (χ2n) is 4.49. The molecule has 2 atom stereocenters. The fourth-order valence-corrected chi connectivity index (χ4v) is 2.36. The first-order chi connectivity index (χ1) is 7.83. The molecule has 0 spiro atoms. The summed E-state index contributed by atoms with van der Waals surface area (Å²) >= 11 is 0. The normalized spacial score (nSPS) is 28.2. The number of nitrogens with zero attached hydrogens (tertiary/aromatic N) is 2. The molecule has 0 saturated carbocycles. The molecule has 0 amide bonds. The van der Waals surface area contributed by atoms with Crippen LogP contribution in [0.1, 0.15) is 25.0 Å². The molecule has 2 bridgehead atoms. The van der Waals surface area contributed by atoms with Crippen LogP contribution in [0, 0.1) is 6.92 Å². The molecular formula is C13H16N2O. The van der Waals surface area contributed by atoms with Crippen LogP contribution in [0.25, 0.3) is 0 Å². The lowest BCUT2D eigenvalue weighted by Crippen LogP contribution is -2.38. The number of aryl methyl sites for hydroxylation is 1. The van der Waals surface area contributed by atoms with Crippen LogP contribution in [0.4, 0.5) is 5.82 Å². The van der Waals surface area contributed by atoms with Gasteiger partial charge in [0.05, 0.1) is 6.04 Å². The summed E-state index contributed by atoms with van der Waals surface area (Å²) in [5.41, 5.74) is 1.03. The molecule has 3 heterocycles. The maximum atomic E-state index is 5.94. The summed E-state index contributed by atoms with van der Waals surface area (Å²) < 4.78 is 0. The van der Waals surface area contributed by atoms with Gasteiger partial charge in [0.1, 0.15) is 6.10 Å². The van der Waals surface area contributed by atoms with Crippen LogP contribution in [0.2, 0.25) is 0 Å². The van der Waals surface area contributed by atoms with Crippen molar-refractivity contribution in [2.24, 2.45) is 0 Å². The zero-order valence-electron chi connectivity index (χ0n) is 9.47. The molecule has 1 aromatic heterocycles. The quantitative estimate of drug-likeness (QED) is 0.675. The first-order valence-corrected chi connectivity index (χ1v) is 5.91. The maximum absolute atomic E-state index is 5.94. The van der Waals surface area contributed by atoms with Crippen LogP contribution in [0.15, 0.2) is 30.4 Å². The molecule has 84 valence electrons. The zero-order chi connectivity index (χ0) is 11.0. The highest BCUT2D eigenvalue weighted by atomic mass is 16.7. The molecule has 16 heavy (non-hydrogen) atoms. The zero-order valence-corrected chi connectivity index (χ0v) is 9.47. The maximum Gasteiger partial charge on any atom is 0.153 e. The Kier molecular flexibility index (Phi) is 2.40. The highest BCUT2D eigenvalue weighted by Gasteiger charge is 2.29. The smallest absolute Gasteiger partial charge is 0.153 e. The Morgan fingerprint density at radius 2 is 2.25 bits per heavy atom. The van der Waals surface area contributed by atoms with E-state index in [4.69, 9.17) is 4.84 Å². The number of hydrogen-bond acceptors (Lipinski definition) is 3. The summed E-state index contributed by atoms with van der Waals surface area (Å²) in [5, 5.41) is 1.98. The van der Waals surface area contributed by atoms with Crippen molar-refractivity contribution in [2.45, 2.75) is 38.3 Å². The summed E-state index contributed by atoms with van der Waals surface area (Å²) in [4.78, 5) is 10.5. The summed E-state index contributed by atoms with van der Waals surface area (Å²) in [6.07, 6.45) is 8.18. The van der Waals surface area contributed by atoms with Gasteiger partial charge in [-0.2, -0.15) is 0 Å². The minimum absolute atomic E-state index is 0.237. The van der Waals surface area contributed by atoms with Crippen LogP contribution in [0.3, 0.4) is 0 Å². The van der Waals surface area contributed by atoms with Crippen LogP contribution >= 0.6 is 0 Å². The van der Waals surface area contributed by atoms with Crippen LogP contribution in [0.5, 0.6) is 0 Å². The third-order valence-electron chi connectivity index (χ3n) is 3.19. The Hall–Kier alpha value is -1.35. The number of hydrogen-bond donors (Lipinski definition) is 0. The van der Waals surface area contributed by atoms with E-state index in [2.05, 4.69) is 17.1 Å². The van der Waals surface area contributed by atoms with Crippen molar-refractivity contribution in [3.63, 3.8) is 0 Å². The summed E-state index contributed by atoms with van der Waals surface area (Å²) in [6, 6.07) is 6.41. The van der Waals surface area contributed by atoms with Gasteiger partial charge in [-0.05, 0) is 38.3 Å². The second-order valence-corrected chi connectivity index (χ2v) is 4.49. The van der Waals surface area contributed by atoms with Crippen molar-refractivity contribution < 1.29 is 4.84 Å². The first kappa shape index (κ1) is 9.85. The average Bonchev–Trinajstić information content (AvgIpc) is 2.63. The molecule has 2 aliphatic heterocycles. The molecule has 4 rings (SSSR count). The van der Waals surface area contributed by atoms with E-state index in [1.807, 2.05) is 30.2 Å². The predicted molar refractivity (Wildman–Crippen MR) is 63.1 cm³/mol. The average molecular weight is 216 g/mol. The van der Waals surface area contributed by atoms with Gasteiger partial charge in [-0.3, -0.25) is 4.84 Å². The van der Waals surface area contributed by atoms with Crippen molar-refractivity contribution in [1.29, 1.82) is 0 Å². The van der Waals surface area contributed by atoms with E-state index in [1.54, 1.807) is 0 Å². The van der Waals surface area contributed by atoms with Gasteiger partial charge in [0.25, 0.3) is 0 Å². The van der Waals surface area contributed by atoms with Gasteiger partial charge < -0.3 is 0 Å². The number of hydroxylamine groups is 1. The molecule has 3 heteroatoms. The molecular weight excluding hydrogens is 200 g/mol. The van der Waals surface area contributed by atoms with Crippen molar-refractivity contribution >= 4 is 5.82 Å². The van der Waals surface area contributed by atoms with Gasteiger partial charge in [-0.15, -0.1) is 0 Å². The number of fused-ring (bicyclic) bond motifs is 3. The second kappa shape index (κ2) is 3.91. The number of anilines is 1. The van der Waals surface area contributed by atoms with E-state index in [1.165, 1.54) is 6.42 Å². The van der Waals surface area contributed by atoms with E-state index in [0.29, 0.717) is 6.04 Å².